The Kier molecular flexibility index (Phi) is 19.1. The third kappa shape index (κ3) is 20.1. The average Bonchev–Trinajstić information content (AvgIpc) is 2.50. The molecule has 0 aliphatic heterocycles. The number of rotatable bonds is 17. The minimum Gasteiger partial charge on any atom is -0.328 e. The van der Waals surface area contributed by atoms with Gasteiger partial charge < -0.3 is 14.3 Å². The Morgan fingerprint density at radius 3 is 1.64 bits per heavy atom. The molecular weight excluding hydrogens is 295 g/mol. The number of unbranched alkanes of at least 4 members (excludes halogenated alkanes) is 12. The van der Waals surface area contributed by atoms with Gasteiger partial charge in [-0.25, -0.2) is 0 Å². The van der Waals surface area contributed by atoms with Crippen molar-refractivity contribution in [2.24, 2.45) is 0 Å². The predicted octanol–water partition coefficient (Wildman–Crippen LogP) is 6.25. The van der Waals surface area contributed by atoms with Crippen molar-refractivity contribution in [1.29, 1.82) is 0 Å². The molecule has 0 rings (SSSR count). The lowest BCUT2D eigenvalue weighted by Gasteiger charge is -2.03. The highest BCUT2D eigenvalue weighted by molar-refractivity contribution is 7.39. The Morgan fingerprint density at radius 1 is 0.682 bits per heavy atom. The maximum Gasteiger partial charge on any atom is 0.327 e. The molecule has 0 aromatic rings. The van der Waals surface area contributed by atoms with Gasteiger partial charge in [0, 0.05) is 0 Å². The summed E-state index contributed by atoms with van der Waals surface area (Å²) in [6.07, 6.45) is 22.6. The zero-order valence-corrected chi connectivity index (χ0v) is 15.4. The van der Waals surface area contributed by atoms with Gasteiger partial charge in [-0.05, 0) is 32.1 Å². The second kappa shape index (κ2) is 19.1. The second-order valence-corrected chi connectivity index (χ2v) is 6.79. The van der Waals surface area contributed by atoms with E-state index in [-0.39, 0.29) is 0 Å². The summed E-state index contributed by atoms with van der Waals surface area (Å²) in [6.45, 7) is 2.74. The lowest BCUT2D eigenvalue weighted by molar-refractivity contribution is 0.248. The van der Waals surface area contributed by atoms with Crippen LogP contribution < -0.4 is 0 Å². The molecule has 3 nitrogen and oxygen atoms in total. The first-order valence-corrected chi connectivity index (χ1v) is 10.4. The van der Waals surface area contributed by atoms with Crippen LogP contribution in [0.2, 0.25) is 0 Å². The molecule has 0 atom stereocenters. The monoisotopic (exact) mass is 332 g/mol. The lowest BCUT2D eigenvalue weighted by Crippen LogP contribution is -1.89. The first kappa shape index (κ1) is 22.1. The normalized spacial score (nSPS) is 11.8. The number of hydrogen-bond acceptors (Lipinski definition) is 3. The van der Waals surface area contributed by atoms with Crippen molar-refractivity contribution in [2.45, 2.75) is 96.8 Å². The van der Waals surface area contributed by atoms with Crippen molar-refractivity contribution in [1.82, 2.24) is 0 Å². The zero-order chi connectivity index (χ0) is 16.3. The summed E-state index contributed by atoms with van der Waals surface area (Å²) in [7, 11) is -2.15. The van der Waals surface area contributed by atoms with E-state index in [4.69, 9.17) is 14.3 Å². The molecule has 0 saturated carbocycles. The molecule has 22 heavy (non-hydrogen) atoms. The van der Waals surface area contributed by atoms with Crippen molar-refractivity contribution in [3.05, 3.63) is 12.2 Å². The van der Waals surface area contributed by atoms with Gasteiger partial charge in [0.25, 0.3) is 0 Å². The standard InChI is InChI=1S/C18H37O3P/c1-2-3-4-5-6-7-8-9-10-11-12-13-14-15-16-17-18-21-22(19)20/h9-10,19-20H,2-8,11-18H2,1H3/b10-9-. The quantitative estimate of drug-likeness (QED) is 0.188. The lowest BCUT2D eigenvalue weighted by atomic mass is 10.1. The molecule has 0 unspecified atom stereocenters. The fraction of sp³-hybridized carbons (Fsp3) is 0.889. The van der Waals surface area contributed by atoms with E-state index in [1.54, 1.807) is 0 Å². The van der Waals surface area contributed by atoms with Crippen molar-refractivity contribution in [3.63, 3.8) is 0 Å². The summed E-state index contributed by atoms with van der Waals surface area (Å²) in [5.41, 5.74) is 0. The van der Waals surface area contributed by atoms with Crippen LogP contribution in [0.5, 0.6) is 0 Å². The average molecular weight is 332 g/mol. The smallest absolute Gasteiger partial charge is 0.327 e. The topological polar surface area (TPSA) is 49.7 Å². The first-order valence-electron chi connectivity index (χ1n) is 9.23. The summed E-state index contributed by atoms with van der Waals surface area (Å²) in [5, 5.41) is 0. The van der Waals surface area contributed by atoms with Crippen LogP contribution >= 0.6 is 8.60 Å². The van der Waals surface area contributed by atoms with E-state index in [9.17, 15) is 0 Å². The Hall–Kier alpha value is 0.0500. The minimum absolute atomic E-state index is 0.472. The van der Waals surface area contributed by atoms with E-state index in [2.05, 4.69) is 19.1 Å². The fourth-order valence-corrected chi connectivity index (χ4v) is 2.79. The van der Waals surface area contributed by atoms with Crippen LogP contribution in [-0.4, -0.2) is 16.4 Å². The molecule has 4 heteroatoms. The van der Waals surface area contributed by atoms with Gasteiger partial charge in [0.1, 0.15) is 0 Å². The van der Waals surface area contributed by atoms with Crippen LogP contribution in [0.3, 0.4) is 0 Å². The molecule has 0 aromatic carbocycles. The predicted molar refractivity (Wildman–Crippen MR) is 96.8 cm³/mol. The highest BCUT2D eigenvalue weighted by atomic mass is 31.2. The molecule has 0 aromatic heterocycles. The van der Waals surface area contributed by atoms with Gasteiger partial charge in [0.05, 0.1) is 6.61 Å². The largest absolute Gasteiger partial charge is 0.328 e. The molecule has 0 saturated heterocycles. The summed E-state index contributed by atoms with van der Waals surface area (Å²) in [5.74, 6) is 0. The van der Waals surface area contributed by atoms with Gasteiger partial charge in [-0.1, -0.05) is 76.9 Å². The maximum atomic E-state index is 8.57. The Balaban J connectivity index is 3.05. The summed E-state index contributed by atoms with van der Waals surface area (Å²) >= 11 is 0. The van der Waals surface area contributed by atoms with E-state index < -0.39 is 8.60 Å². The molecule has 0 bridgehead atoms. The Labute approximate surface area is 139 Å². The van der Waals surface area contributed by atoms with Crippen LogP contribution in [0.15, 0.2) is 12.2 Å². The number of allylic oxidation sites excluding steroid dienone is 2. The molecule has 0 aliphatic carbocycles. The van der Waals surface area contributed by atoms with Crippen LogP contribution in [0.25, 0.3) is 0 Å². The van der Waals surface area contributed by atoms with E-state index in [1.807, 2.05) is 0 Å². The van der Waals surface area contributed by atoms with E-state index in [0.29, 0.717) is 6.61 Å². The highest BCUT2D eigenvalue weighted by Gasteiger charge is 1.97. The SMILES string of the molecule is CCCCCCCC/C=C\CCCCCCCCOP(O)O. The van der Waals surface area contributed by atoms with Gasteiger partial charge in [0.2, 0.25) is 0 Å². The van der Waals surface area contributed by atoms with Gasteiger partial charge >= 0.3 is 8.60 Å². The van der Waals surface area contributed by atoms with E-state index in [0.717, 1.165) is 12.8 Å². The van der Waals surface area contributed by atoms with Crippen molar-refractivity contribution >= 4 is 8.60 Å². The highest BCUT2D eigenvalue weighted by Crippen LogP contribution is 2.24. The molecule has 2 N–H and O–H groups in total. The third-order valence-corrected chi connectivity index (χ3v) is 4.28. The molecule has 132 valence electrons. The Morgan fingerprint density at radius 2 is 1.14 bits per heavy atom. The van der Waals surface area contributed by atoms with Gasteiger partial charge in [0.15, 0.2) is 0 Å². The number of hydrogen-bond donors (Lipinski definition) is 2. The van der Waals surface area contributed by atoms with Gasteiger partial charge in [-0.15, -0.1) is 0 Å². The van der Waals surface area contributed by atoms with E-state index >= 15 is 0 Å². The van der Waals surface area contributed by atoms with Crippen LogP contribution in [-0.2, 0) is 4.52 Å². The zero-order valence-electron chi connectivity index (χ0n) is 14.5. The summed E-state index contributed by atoms with van der Waals surface area (Å²) in [6, 6.07) is 0. The molecule has 0 spiro atoms. The van der Waals surface area contributed by atoms with Gasteiger partial charge in [-0.3, -0.25) is 0 Å². The summed E-state index contributed by atoms with van der Waals surface area (Å²) < 4.78 is 4.73. The summed E-state index contributed by atoms with van der Waals surface area (Å²) in [4.78, 5) is 17.1. The van der Waals surface area contributed by atoms with Crippen molar-refractivity contribution in [3.8, 4) is 0 Å². The van der Waals surface area contributed by atoms with Crippen LogP contribution in [0.1, 0.15) is 96.8 Å². The minimum atomic E-state index is -2.15. The van der Waals surface area contributed by atoms with Crippen LogP contribution in [0.4, 0.5) is 0 Å². The molecular formula is C18H37O3P. The molecule has 0 aliphatic rings. The first-order chi connectivity index (χ1) is 10.8. The van der Waals surface area contributed by atoms with Crippen molar-refractivity contribution in [2.75, 3.05) is 6.61 Å². The van der Waals surface area contributed by atoms with Crippen molar-refractivity contribution < 1.29 is 14.3 Å². The molecule has 0 fully saturated rings. The Bertz CT molecular complexity index is 232. The van der Waals surface area contributed by atoms with Gasteiger partial charge in [-0.2, -0.15) is 0 Å². The molecule has 0 amide bonds. The second-order valence-electron chi connectivity index (χ2n) is 6.02. The fourth-order valence-electron chi connectivity index (χ4n) is 2.50. The van der Waals surface area contributed by atoms with Crippen LogP contribution in [0, 0.1) is 0 Å². The maximum absolute atomic E-state index is 8.57. The van der Waals surface area contributed by atoms with E-state index in [1.165, 1.54) is 77.0 Å². The molecule has 0 heterocycles. The molecule has 0 radical (unpaired) electrons. The third-order valence-electron chi connectivity index (χ3n) is 3.86.